The van der Waals surface area contributed by atoms with Gasteiger partial charge in [-0.15, -0.1) is 0 Å². The SMILES string of the molecule is CC(C)c1ncc(Cl)c(-c2nc(-c3ncc[nH]3)no2)n1. The second-order valence-electron chi connectivity index (χ2n) is 4.44. The molecule has 3 rings (SSSR count). The Labute approximate surface area is 119 Å². The van der Waals surface area contributed by atoms with Crippen LogP contribution in [-0.4, -0.2) is 30.1 Å². The molecule has 0 spiro atoms. The number of rotatable bonds is 3. The van der Waals surface area contributed by atoms with Crippen molar-refractivity contribution in [3.05, 3.63) is 29.4 Å². The summed E-state index contributed by atoms with van der Waals surface area (Å²) in [6, 6.07) is 0. The van der Waals surface area contributed by atoms with Crippen LogP contribution in [0.3, 0.4) is 0 Å². The number of hydrogen-bond donors (Lipinski definition) is 1. The maximum absolute atomic E-state index is 6.09. The molecule has 20 heavy (non-hydrogen) atoms. The molecule has 7 nitrogen and oxygen atoms in total. The van der Waals surface area contributed by atoms with Crippen LogP contribution in [-0.2, 0) is 0 Å². The van der Waals surface area contributed by atoms with E-state index in [-0.39, 0.29) is 11.8 Å². The van der Waals surface area contributed by atoms with Crippen LogP contribution >= 0.6 is 11.6 Å². The number of aromatic amines is 1. The van der Waals surface area contributed by atoms with Crippen molar-refractivity contribution in [1.82, 2.24) is 30.1 Å². The molecule has 1 N–H and O–H groups in total. The van der Waals surface area contributed by atoms with E-state index in [1.807, 2.05) is 13.8 Å². The fraction of sp³-hybridized carbons (Fsp3) is 0.250. The van der Waals surface area contributed by atoms with E-state index < -0.39 is 0 Å². The van der Waals surface area contributed by atoms with E-state index >= 15 is 0 Å². The molecule has 102 valence electrons. The lowest BCUT2D eigenvalue weighted by atomic mass is 10.2. The van der Waals surface area contributed by atoms with E-state index in [0.717, 1.165) is 0 Å². The number of H-pyrrole nitrogens is 1. The van der Waals surface area contributed by atoms with Gasteiger partial charge >= 0.3 is 0 Å². The first-order valence-corrected chi connectivity index (χ1v) is 6.39. The van der Waals surface area contributed by atoms with Crippen LogP contribution in [0.4, 0.5) is 0 Å². The van der Waals surface area contributed by atoms with Crippen molar-refractivity contribution < 1.29 is 4.52 Å². The van der Waals surface area contributed by atoms with Crippen molar-refractivity contribution in [3.8, 4) is 23.2 Å². The van der Waals surface area contributed by atoms with Crippen molar-refractivity contribution in [1.29, 1.82) is 0 Å². The number of imidazole rings is 1. The highest BCUT2D eigenvalue weighted by Gasteiger charge is 2.18. The molecule has 3 heterocycles. The Balaban J connectivity index is 2.03. The van der Waals surface area contributed by atoms with Crippen molar-refractivity contribution >= 4 is 11.6 Å². The molecule has 3 aromatic heterocycles. The first-order chi connectivity index (χ1) is 9.65. The van der Waals surface area contributed by atoms with Gasteiger partial charge in [-0.3, -0.25) is 0 Å². The Hall–Kier alpha value is -2.28. The van der Waals surface area contributed by atoms with Crippen molar-refractivity contribution in [3.63, 3.8) is 0 Å². The number of nitrogens with zero attached hydrogens (tertiary/aromatic N) is 5. The number of hydrogen-bond acceptors (Lipinski definition) is 6. The molecule has 0 radical (unpaired) electrons. The molecule has 0 aliphatic rings. The average molecular weight is 291 g/mol. The van der Waals surface area contributed by atoms with Crippen molar-refractivity contribution in [2.75, 3.05) is 0 Å². The molecule has 8 heteroatoms. The molecular formula is C12H11ClN6O. The minimum Gasteiger partial charge on any atom is -0.342 e. The van der Waals surface area contributed by atoms with E-state index in [4.69, 9.17) is 16.1 Å². The summed E-state index contributed by atoms with van der Waals surface area (Å²) >= 11 is 6.09. The van der Waals surface area contributed by atoms with Crippen LogP contribution in [0.1, 0.15) is 25.6 Å². The Kier molecular flexibility index (Phi) is 3.19. The quantitative estimate of drug-likeness (QED) is 0.797. The van der Waals surface area contributed by atoms with Crippen LogP contribution in [0, 0.1) is 0 Å². The Morgan fingerprint density at radius 1 is 1.25 bits per heavy atom. The molecule has 0 unspecified atom stereocenters. The third kappa shape index (κ3) is 2.27. The monoisotopic (exact) mass is 290 g/mol. The van der Waals surface area contributed by atoms with E-state index in [9.17, 15) is 0 Å². The van der Waals surface area contributed by atoms with Gasteiger partial charge in [-0.05, 0) is 0 Å². The predicted octanol–water partition coefficient (Wildman–Crippen LogP) is 2.69. The Morgan fingerprint density at radius 3 is 2.80 bits per heavy atom. The summed E-state index contributed by atoms with van der Waals surface area (Å²) < 4.78 is 5.19. The van der Waals surface area contributed by atoms with Gasteiger partial charge in [0.15, 0.2) is 11.5 Å². The highest BCUT2D eigenvalue weighted by Crippen LogP contribution is 2.26. The molecule has 0 saturated heterocycles. The minimum absolute atomic E-state index is 0.179. The molecule has 0 bridgehead atoms. The van der Waals surface area contributed by atoms with Gasteiger partial charge in [0.1, 0.15) is 5.82 Å². The van der Waals surface area contributed by atoms with Gasteiger partial charge in [0.2, 0.25) is 5.82 Å². The summed E-state index contributed by atoms with van der Waals surface area (Å²) in [4.78, 5) is 19.7. The van der Waals surface area contributed by atoms with Crippen molar-refractivity contribution in [2.24, 2.45) is 0 Å². The molecule has 3 aromatic rings. The van der Waals surface area contributed by atoms with Crippen LogP contribution in [0.5, 0.6) is 0 Å². The number of aromatic nitrogens is 6. The lowest BCUT2D eigenvalue weighted by molar-refractivity contribution is 0.430. The third-order valence-corrected chi connectivity index (χ3v) is 2.89. The predicted molar refractivity (Wildman–Crippen MR) is 72.0 cm³/mol. The third-order valence-electron chi connectivity index (χ3n) is 2.62. The van der Waals surface area contributed by atoms with E-state index in [1.54, 1.807) is 12.4 Å². The first kappa shape index (κ1) is 12.7. The van der Waals surface area contributed by atoms with Gasteiger partial charge < -0.3 is 9.51 Å². The molecule has 0 saturated carbocycles. The first-order valence-electron chi connectivity index (χ1n) is 6.01. The Bertz CT molecular complexity index is 721. The molecule has 0 aliphatic carbocycles. The van der Waals surface area contributed by atoms with Gasteiger partial charge in [0, 0.05) is 18.3 Å². The van der Waals surface area contributed by atoms with Crippen LogP contribution in [0.2, 0.25) is 5.02 Å². The number of nitrogens with one attached hydrogen (secondary N) is 1. The second kappa shape index (κ2) is 5.01. The highest BCUT2D eigenvalue weighted by atomic mass is 35.5. The molecule has 0 amide bonds. The molecule has 0 aliphatic heterocycles. The Morgan fingerprint density at radius 2 is 2.10 bits per heavy atom. The summed E-state index contributed by atoms with van der Waals surface area (Å²) in [5.74, 6) is 1.96. The standard InChI is InChI=1S/C12H11ClN6O/c1-6(2)9-16-5-7(13)8(17-9)12-18-11(19-20-12)10-14-3-4-15-10/h3-6H,1-2H3,(H,14,15). The normalized spacial score (nSPS) is 11.2. The molecule has 0 aromatic carbocycles. The van der Waals surface area contributed by atoms with E-state index in [2.05, 4.69) is 30.1 Å². The molecule has 0 fully saturated rings. The summed E-state index contributed by atoms with van der Waals surface area (Å²) in [6.07, 6.45) is 4.83. The lowest BCUT2D eigenvalue weighted by Crippen LogP contribution is -1.99. The van der Waals surface area contributed by atoms with Gasteiger partial charge in [-0.2, -0.15) is 4.98 Å². The average Bonchev–Trinajstić information content (AvgIpc) is 3.10. The fourth-order valence-electron chi connectivity index (χ4n) is 1.61. The van der Waals surface area contributed by atoms with Crippen LogP contribution < -0.4 is 0 Å². The zero-order valence-corrected chi connectivity index (χ0v) is 11.6. The summed E-state index contributed by atoms with van der Waals surface area (Å²) in [7, 11) is 0. The van der Waals surface area contributed by atoms with Crippen LogP contribution in [0.15, 0.2) is 23.1 Å². The van der Waals surface area contributed by atoms with Gasteiger partial charge in [0.05, 0.1) is 11.2 Å². The maximum Gasteiger partial charge on any atom is 0.278 e. The summed E-state index contributed by atoms with van der Waals surface area (Å²) in [5.41, 5.74) is 0.427. The molecule has 0 atom stereocenters. The van der Waals surface area contributed by atoms with E-state index in [0.29, 0.717) is 28.2 Å². The zero-order chi connectivity index (χ0) is 14.1. The molecular weight excluding hydrogens is 280 g/mol. The van der Waals surface area contributed by atoms with E-state index in [1.165, 1.54) is 6.20 Å². The highest BCUT2D eigenvalue weighted by molar-refractivity contribution is 6.32. The van der Waals surface area contributed by atoms with Gasteiger partial charge in [-0.1, -0.05) is 30.6 Å². The van der Waals surface area contributed by atoms with Gasteiger partial charge in [0.25, 0.3) is 5.89 Å². The summed E-state index contributed by atoms with van der Waals surface area (Å²) in [5, 5.41) is 4.22. The van der Waals surface area contributed by atoms with Crippen LogP contribution in [0.25, 0.3) is 23.2 Å². The summed E-state index contributed by atoms with van der Waals surface area (Å²) in [6.45, 7) is 3.99. The minimum atomic E-state index is 0.179. The van der Waals surface area contributed by atoms with Gasteiger partial charge in [-0.25, -0.2) is 15.0 Å². The number of halogens is 1. The topological polar surface area (TPSA) is 93.4 Å². The smallest absolute Gasteiger partial charge is 0.278 e. The zero-order valence-electron chi connectivity index (χ0n) is 10.8. The maximum atomic E-state index is 6.09. The second-order valence-corrected chi connectivity index (χ2v) is 4.85. The fourth-order valence-corrected chi connectivity index (χ4v) is 1.78. The largest absolute Gasteiger partial charge is 0.342 e. The lowest BCUT2D eigenvalue weighted by Gasteiger charge is -2.04. The van der Waals surface area contributed by atoms with Crippen molar-refractivity contribution in [2.45, 2.75) is 19.8 Å².